The summed E-state index contributed by atoms with van der Waals surface area (Å²) in [7, 11) is 0. The molecule has 0 saturated heterocycles. The van der Waals surface area contributed by atoms with Crippen LogP contribution in [-0.2, 0) is 9.59 Å². The van der Waals surface area contributed by atoms with Gasteiger partial charge < -0.3 is 10.6 Å². The SMILES string of the molecule is CC(=O)N[C@@H](CC(=O)NCC12CC3CC(CC(C3)C1)C2)c1cccs1. The predicted molar refractivity (Wildman–Crippen MR) is 99.1 cm³/mol. The van der Waals surface area contributed by atoms with E-state index in [-0.39, 0.29) is 17.9 Å². The highest BCUT2D eigenvalue weighted by molar-refractivity contribution is 7.10. The molecule has 4 aliphatic carbocycles. The molecule has 0 radical (unpaired) electrons. The van der Waals surface area contributed by atoms with Gasteiger partial charge in [-0.05, 0) is 73.1 Å². The molecule has 1 atom stereocenters. The van der Waals surface area contributed by atoms with Crippen LogP contribution in [0.4, 0.5) is 0 Å². The predicted octanol–water partition coefficient (Wildman–Crippen LogP) is 3.65. The highest BCUT2D eigenvalue weighted by atomic mass is 32.1. The van der Waals surface area contributed by atoms with E-state index < -0.39 is 0 Å². The largest absolute Gasteiger partial charge is 0.355 e. The molecular formula is C20H28N2O2S. The first-order valence-corrected chi connectivity index (χ1v) is 10.5. The fourth-order valence-corrected chi connectivity index (χ4v) is 6.79. The number of carbonyl (C=O) groups is 2. The Bertz CT molecular complexity index is 605. The summed E-state index contributed by atoms with van der Waals surface area (Å²) < 4.78 is 0. The van der Waals surface area contributed by atoms with Gasteiger partial charge in [-0.3, -0.25) is 9.59 Å². The molecule has 4 saturated carbocycles. The molecule has 0 aromatic carbocycles. The van der Waals surface area contributed by atoms with Crippen molar-refractivity contribution in [2.75, 3.05) is 6.54 Å². The Hall–Kier alpha value is -1.36. The number of thiophene rings is 1. The van der Waals surface area contributed by atoms with Crippen LogP contribution in [-0.4, -0.2) is 18.4 Å². The highest BCUT2D eigenvalue weighted by Gasteiger charge is 2.50. The van der Waals surface area contributed by atoms with Crippen molar-refractivity contribution < 1.29 is 9.59 Å². The summed E-state index contributed by atoms with van der Waals surface area (Å²) >= 11 is 1.59. The molecule has 2 N–H and O–H groups in total. The zero-order valence-electron chi connectivity index (χ0n) is 14.9. The molecule has 4 aliphatic rings. The summed E-state index contributed by atoms with van der Waals surface area (Å²) in [6.07, 6.45) is 8.52. The molecule has 5 rings (SSSR count). The van der Waals surface area contributed by atoms with Crippen LogP contribution in [0.5, 0.6) is 0 Å². The number of carbonyl (C=O) groups excluding carboxylic acids is 2. The molecule has 136 valence electrons. The summed E-state index contributed by atoms with van der Waals surface area (Å²) in [5.41, 5.74) is 0.358. The molecule has 5 heteroatoms. The smallest absolute Gasteiger partial charge is 0.222 e. The fourth-order valence-electron chi connectivity index (χ4n) is 6.01. The Labute approximate surface area is 153 Å². The van der Waals surface area contributed by atoms with Gasteiger partial charge in [-0.1, -0.05) is 6.07 Å². The number of amides is 2. The highest BCUT2D eigenvalue weighted by Crippen LogP contribution is 2.59. The lowest BCUT2D eigenvalue weighted by Crippen LogP contribution is -2.51. The molecule has 0 unspecified atom stereocenters. The van der Waals surface area contributed by atoms with E-state index in [1.807, 2.05) is 17.5 Å². The lowest BCUT2D eigenvalue weighted by Gasteiger charge is -2.56. The molecule has 4 fully saturated rings. The Morgan fingerprint density at radius 1 is 1.20 bits per heavy atom. The van der Waals surface area contributed by atoms with Crippen LogP contribution in [0.1, 0.15) is 62.8 Å². The van der Waals surface area contributed by atoms with Crippen LogP contribution in [0.25, 0.3) is 0 Å². The quantitative estimate of drug-likeness (QED) is 0.813. The zero-order chi connectivity index (χ0) is 17.4. The van der Waals surface area contributed by atoms with Crippen LogP contribution >= 0.6 is 11.3 Å². The second kappa shape index (κ2) is 6.75. The Morgan fingerprint density at radius 3 is 2.36 bits per heavy atom. The minimum absolute atomic E-state index is 0.0582. The standard InChI is InChI=1S/C20H28N2O2S/c1-13(23)22-17(18-3-2-4-25-18)8-19(24)21-12-20-9-14-5-15(10-20)7-16(6-14)11-20/h2-4,14-17H,5-12H2,1H3,(H,21,24)(H,22,23)/t14?,15?,16?,17-,20?/m0/s1. The molecule has 4 bridgehead atoms. The van der Waals surface area contributed by atoms with Crippen molar-refractivity contribution in [3.8, 4) is 0 Å². The number of nitrogens with one attached hydrogen (secondary N) is 2. The Kier molecular flexibility index (Phi) is 4.61. The summed E-state index contributed by atoms with van der Waals surface area (Å²) in [5.74, 6) is 2.68. The summed E-state index contributed by atoms with van der Waals surface area (Å²) in [5, 5.41) is 8.12. The van der Waals surface area contributed by atoms with E-state index >= 15 is 0 Å². The van der Waals surface area contributed by atoms with Gasteiger partial charge in [0, 0.05) is 18.3 Å². The molecular weight excluding hydrogens is 332 g/mol. The van der Waals surface area contributed by atoms with Crippen molar-refractivity contribution in [2.45, 2.75) is 57.9 Å². The molecule has 1 aromatic rings. The van der Waals surface area contributed by atoms with Crippen LogP contribution in [0.15, 0.2) is 17.5 Å². The lowest BCUT2D eigenvalue weighted by atomic mass is 9.49. The second-order valence-corrected chi connectivity index (χ2v) is 9.65. The van der Waals surface area contributed by atoms with E-state index in [2.05, 4.69) is 10.6 Å². The maximum Gasteiger partial charge on any atom is 0.222 e. The molecule has 0 spiro atoms. The van der Waals surface area contributed by atoms with Crippen molar-refractivity contribution in [1.29, 1.82) is 0 Å². The first kappa shape index (κ1) is 17.1. The first-order valence-electron chi connectivity index (χ1n) is 9.58. The van der Waals surface area contributed by atoms with E-state index in [0.717, 1.165) is 29.2 Å². The summed E-state index contributed by atoms with van der Waals surface area (Å²) in [6, 6.07) is 3.73. The van der Waals surface area contributed by atoms with E-state index in [9.17, 15) is 9.59 Å². The van der Waals surface area contributed by atoms with E-state index in [4.69, 9.17) is 0 Å². The van der Waals surface area contributed by atoms with Crippen LogP contribution < -0.4 is 10.6 Å². The molecule has 0 aliphatic heterocycles. The van der Waals surface area contributed by atoms with Crippen LogP contribution in [0.2, 0.25) is 0 Å². The molecule has 25 heavy (non-hydrogen) atoms. The van der Waals surface area contributed by atoms with Crippen molar-refractivity contribution >= 4 is 23.2 Å². The first-order chi connectivity index (χ1) is 12.0. The van der Waals surface area contributed by atoms with Gasteiger partial charge in [0.25, 0.3) is 0 Å². The van der Waals surface area contributed by atoms with E-state index in [0.29, 0.717) is 11.8 Å². The van der Waals surface area contributed by atoms with E-state index in [1.54, 1.807) is 11.3 Å². The van der Waals surface area contributed by atoms with Crippen LogP contribution in [0, 0.1) is 23.2 Å². The average Bonchev–Trinajstić information content (AvgIpc) is 3.05. The Balaban J connectivity index is 1.35. The van der Waals surface area contributed by atoms with E-state index in [1.165, 1.54) is 45.4 Å². The summed E-state index contributed by atoms with van der Waals surface area (Å²) in [4.78, 5) is 25.1. The van der Waals surface area contributed by atoms with Crippen LogP contribution in [0.3, 0.4) is 0 Å². The van der Waals surface area contributed by atoms with Gasteiger partial charge in [-0.2, -0.15) is 0 Å². The van der Waals surface area contributed by atoms with Crippen molar-refractivity contribution in [1.82, 2.24) is 10.6 Å². The third-order valence-electron chi connectivity index (χ3n) is 6.48. The molecule has 4 nitrogen and oxygen atoms in total. The second-order valence-electron chi connectivity index (χ2n) is 8.67. The van der Waals surface area contributed by atoms with Gasteiger partial charge in [0.15, 0.2) is 0 Å². The third kappa shape index (κ3) is 3.76. The fraction of sp³-hybridized carbons (Fsp3) is 0.700. The average molecular weight is 361 g/mol. The normalized spacial score (nSPS) is 33.9. The number of hydrogen-bond acceptors (Lipinski definition) is 3. The zero-order valence-corrected chi connectivity index (χ0v) is 15.7. The van der Waals surface area contributed by atoms with Crippen molar-refractivity contribution in [3.05, 3.63) is 22.4 Å². The van der Waals surface area contributed by atoms with Gasteiger partial charge >= 0.3 is 0 Å². The summed E-state index contributed by atoms with van der Waals surface area (Å²) in [6.45, 7) is 2.33. The minimum atomic E-state index is -0.214. The Morgan fingerprint density at radius 2 is 1.84 bits per heavy atom. The third-order valence-corrected chi connectivity index (χ3v) is 7.47. The van der Waals surface area contributed by atoms with Gasteiger partial charge in [-0.25, -0.2) is 0 Å². The maximum absolute atomic E-state index is 12.6. The topological polar surface area (TPSA) is 58.2 Å². The van der Waals surface area contributed by atoms with Gasteiger partial charge in [0.2, 0.25) is 11.8 Å². The lowest BCUT2D eigenvalue weighted by molar-refractivity contribution is -0.124. The molecule has 2 amide bonds. The number of hydrogen-bond donors (Lipinski definition) is 2. The van der Waals surface area contributed by atoms with Crippen molar-refractivity contribution in [2.24, 2.45) is 23.2 Å². The monoisotopic (exact) mass is 360 g/mol. The number of rotatable bonds is 6. The molecule has 1 heterocycles. The maximum atomic E-state index is 12.6. The van der Waals surface area contributed by atoms with Crippen molar-refractivity contribution in [3.63, 3.8) is 0 Å². The minimum Gasteiger partial charge on any atom is -0.355 e. The molecule has 1 aromatic heterocycles. The van der Waals surface area contributed by atoms with Gasteiger partial charge in [0.1, 0.15) is 0 Å². The van der Waals surface area contributed by atoms with Gasteiger partial charge in [0.05, 0.1) is 12.5 Å². The van der Waals surface area contributed by atoms with Gasteiger partial charge in [-0.15, -0.1) is 11.3 Å².